The lowest BCUT2D eigenvalue weighted by molar-refractivity contribution is 0.101. The van der Waals surface area contributed by atoms with Crippen LogP contribution in [0.4, 0.5) is 0 Å². The minimum absolute atomic E-state index is 0.158. The Morgan fingerprint density at radius 1 is 1.21 bits per heavy atom. The van der Waals surface area contributed by atoms with Crippen molar-refractivity contribution in [1.29, 1.82) is 0 Å². The van der Waals surface area contributed by atoms with E-state index in [1.807, 2.05) is 12.1 Å². The van der Waals surface area contributed by atoms with Crippen LogP contribution in [0.1, 0.15) is 47.8 Å². The van der Waals surface area contributed by atoms with Crippen molar-refractivity contribution in [3.63, 3.8) is 0 Å². The van der Waals surface area contributed by atoms with Crippen LogP contribution >= 0.6 is 0 Å². The summed E-state index contributed by atoms with van der Waals surface area (Å²) in [5.74, 6) is 0.158. The normalized spacial score (nSPS) is 10.3. The lowest BCUT2D eigenvalue weighted by Gasteiger charge is -2.11. The summed E-state index contributed by atoms with van der Waals surface area (Å²) in [7, 11) is 0. The summed E-state index contributed by atoms with van der Waals surface area (Å²) in [6.45, 7) is 8.01. The molecule has 1 nitrogen and oxygen atoms in total. The van der Waals surface area contributed by atoms with E-state index in [4.69, 9.17) is 0 Å². The third-order valence-corrected chi connectivity index (χ3v) is 2.71. The monoisotopic (exact) mass is 190 g/mol. The average Bonchev–Trinajstić information content (AvgIpc) is 2.16. The predicted molar refractivity (Wildman–Crippen MR) is 59.9 cm³/mol. The number of carbonyl (C=O) groups excluding carboxylic acids is 1. The second kappa shape index (κ2) is 4.41. The van der Waals surface area contributed by atoms with Gasteiger partial charge in [-0.2, -0.15) is 0 Å². The standard InChI is InChI=1S/C13H18O/c1-5-11-8-12(10(4)14)7-9(3)13(11)6-2/h7-8H,5-6H2,1-4H3. The Hall–Kier alpha value is -1.11. The van der Waals surface area contributed by atoms with Crippen molar-refractivity contribution in [3.05, 3.63) is 34.4 Å². The Kier molecular flexibility index (Phi) is 3.45. The molecule has 1 aromatic carbocycles. The summed E-state index contributed by atoms with van der Waals surface area (Å²) in [5.41, 5.74) is 4.81. The van der Waals surface area contributed by atoms with Crippen LogP contribution < -0.4 is 0 Å². The van der Waals surface area contributed by atoms with Crippen molar-refractivity contribution < 1.29 is 4.79 Å². The summed E-state index contributed by atoms with van der Waals surface area (Å²) >= 11 is 0. The Labute approximate surface area is 86.1 Å². The Bertz CT molecular complexity index is 350. The number of hydrogen-bond donors (Lipinski definition) is 0. The van der Waals surface area contributed by atoms with Crippen molar-refractivity contribution in [2.24, 2.45) is 0 Å². The lowest BCUT2D eigenvalue weighted by atomic mass is 9.94. The van der Waals surface area contributed by atoms with Crippen LogP contribution in [0.15, 0.2) is 12.1 Å². The number of aryl methyl sites for hydroxylation is 2. The van der Waals surface area contributed by atoms with E-state index in [-0.39, 0.29) is 5.78 Å². The fourth-order valence-electron chi connectivity index (χ4n) is 1.91. The van der Waals surface area contributed by atoms with Gasteiger partial charge in [-0.1, -0.05) is 13.8 Å². The van der Waals surface area contributed by atoms with Crippen LogP contribution in [-0.4, -0.2) is 5.78 Å². The van der Waals surface area contributed by atoms with Gasteiger partial charge in [-0.3, -0.25) is 4.79 Å². The maximum absolute atomic E-state index is 11.3. The quantitative estimate of drug-likeness (QED) is 0.668. The van der Waals surface area contributed by atoms with Crippen LogP contribution in [0.3, 0.4) is 0 Å². The van der Waals surface area contributed by atoms with E-state index in [2.05, 4.69) is 20.8 Å². The summed E-state index contributed by atoms with van der Waals surface area (Å²) in [5, 5.41) is 0. The van der Waals surface area contributed by atoms with Gasteiger partial charge in [0.25, 0.3) is 0 Å². The summed E-state index contributed by atoms with van der Waals surface area (Å²) in [4.78, 5) is 11.3. The maximum atomic E-state index is 11.3. The van der Waals surface area contributed by atoms with E-state index in [1.165, 1.54) is 16.7 Å². The Morgan fingerprint density at radius 3 is 2.29 bits per heavy atom. The molecule has 0 amide bonds. The van der Waals surface area contributed by atoms with Gasteiger partial charge in [-0.25, -0.2) is 0 Å². The maximum Gasteiger partial charge on any atom is 0.159 e. The SMILES string of the molecule is CCc1cc(C(C)=O)cc(C)c1CC. The number of benzene rings is 1. The number of carbonyl (C=O) groups is 1. The zero-order valence-corrected chi connectivity index (χ0v) is 9.48. The van der Waals surface area contributed by atoms with Crippen molar-refractivity contribution in [3.8, 4) is 0 Å². The molecule has 0 saturated carbocycles. The molecule has 0 aromatic heterocycles. The van der Waals surface area contributed by atoms with Gasteiger partial charge in [0.15, 0.2) is 5.78 Å². The molecule has 0 aliphatic rings. The average molecular weight is 190 g/mol. The summed E-state index contributed by atoms with van der Waals surface area (Å²) in [6.07, 6.45) is 2.05. The van der Waals surface area contributed by atoms with Gasteiger partial charge in [0.05, 0.1) is 0 Å². The second-order valence-corrected chi connectivity index (χ2v) is 3.69. The molecule has 0 aliphatic heterocycles. The molecular weight excluding hydrogens is 172 g/mol. The fourth-order valence-corrected chi connectivity index (χ4v) is 1.91. The first-order valence-electron chi connectivity index (χ1n) is 5.23. The van der Waals surface area contributed by atoms with Gasteiger partial charge in [0.2, 0.25) is 0 Å². The van der Waals surface area contributed by atoms with E-state index in [1.54, 1.807) is 6.92 Å². The molecule has 0 unspecified atom stereocenters. The molecule has 0 aliphatic carbocycles. The van der Waals surface area contributed by atoms with Gasteiger partial charge in [0, 0.05) is 5.56 Å². The van der Waals surface area contributed by atoms with Gasteiger partial charge in [-0.05, 0) is 55.5 Å². The van der Waals surface area contributed by atoms with Crippen molar-refractivity contribution in [2.45, 2.75) is 40.5 Å². The van der Waals surface area contributed by atoms with Crippen LogP contribution in [0, 0.1) is 6.92 Å². The van der Waals surface area contributed by atoms with E-state index in [0.717, 1.165) is 18.4 Å². The number of ketones is 1. The third-order valence-electron chi connectivity index (χ3n) is 2.71. The molecule has 14 heavy (non-hydrogen) atoms. The highest BCUT2D eigenvalue weighted by Crippen LogP contribution is 2.19. The van der Waals surface area contributed by atoms with Crippen LogP contribution in [-0.2, 0) is 12.8 Å². The molecule has 76 valence electrons. The summed E-state index contributed by atoms with van der Waals surface area (Å²) in [6, 6.07) is 4.04. The van der Waals surface area contributed by atoms with Gasteiger partial charge < -0.3 is 0 Å². The van der Waals surface area contributed by atoms with E-state index in [0.29, 0.717) is 0 Å². The van der Waals surface area contributed by atoms with E-state index >= 15 is 0 Å². The molecular formula is C13H18O. The summed E-state index contributed by atoms with van der Waals surface area (Å²) < 4.78 is 0. The highest BCUT2D eigenvalue weighted by Gasteiger charge is 2.07. The predicted octanol–water partition coefficient (Wildman–Crippen LogP) is 3.32. The van der Waals surface area contributed by atoms with Crippen LogP contribution in [0.25, 0.3) is 0 Å². The fraction of sp³-hybridized carbons (Fsp3) is 0.462. The highest BCUT2D eigenvalue weighted by molar-refractivity contribution is 5.94. The molecule has 0 fully saturated rings. The molecule has 0 radical (unpaired) electrons. The molecule has 0 bridgehead atoms. The zero-order valence-electron chi connectivity index (χ0n) is 9.48. The largest absolute Gasteiger partial charge is 0.295 e. The van der Waals surface area contributed by atoms with E-state index < -0.39 is 0 Å². The Morgan fingerprint density at radius 2 is 1.86 bits per heavy atom. The number of rotatable bonds is 3. The third kappa shape index (κ3) is 2.03. The number of hydrogen-bond acceptors (Lipinski definition) is 1. The molecule has 0 atom stereocenters. The van der Waals surface area contributed by atoms with Gasteiger partial charge in [0.1, 0.15) is 0 Å². The zero-order chi connectivity index (χ0) is 10.7. The van der Waals surface area contributed by atoms with Crippen molar-refractivity contribution >= 4 is 5.78 Å². The first kappa shape index (κ1) is 11.0. The molecule has 0 heterocycles. The van der Waals surface area contributed by atoms with Gasteiger partial charge in [-0.15, -0.1) is 0 Å². The molecule has 0 spiro atoms. The van der Waals surface area contributed by atoms with Crippen LogP contribution in [0.2, 0.25) is 0 Å². The first-order chi connectivity index (χ1) is 6.60. The first-order valence-corrected chi connectivity index (χ1v) is 5.23. The lowest BCUT2D eigenvalue weighted by Crippen LogP contribution is -2.00. The van der Waals surface area contributed by atoms with Gasteiger partial charge >= 0.3 is 0 Å². The topological polar surface area (TPSA) is 17.1 Å². The smallest absolute Gasteiger partial charge is 0.159 e. The molecule has 1 rings (SSSR count). The number of Topliss-reactive ketones (excluding diaryl/α,β-unsaturated/α-hetero) is 1. The minimum atomic E-state index is 0.158. The second-order valence-electron chi connectivity index (χ2n) is 3.69. The molecule has 1 aromatic rings. The van der Waals surface area contributed by atoms with Crippen molar-refractivity contribution in [2.75, 3.05) is 0 Å². The minimum Gasteiger partial charge on any atom is -0.295 e. The van der Waals surface area contributed by atoms with Crippen LogP contribution in [0.5, 0.6) is 0 Å². The van der Waals surface area contributed by atoms with E-state index in [9.17, 15) is 4.79 Å². The van der Waals surface area contributed by atoms with Crippen molar-refractivity contribution in [1.82, 2.24) is 0 Å². The Balaban J connectivity index is 3.31. The molecule has 0 saturated heterocycles. The highest BCUT2D eigenvalue weighted by atomic mass is 16.1. The molecule has 0 N–H and O–H groups in total. The molecule has 1 heteroatoms.